The molecule has 0 aromatic heterocycles. The molecule has 1 heteroatoms. The maximum atomic E-state index is 8.43. The average molecular weight is 230 g/mol. The second kappa shape index (κ2) is 17.4. The molecule has 0 heterocycles. The highest BCUT2D eigenvalue weighted by Gasteiger charge is 1.92. The SMILES string of the molecule is CC(C)CCCCCO.CCCCCCC. The quantitative estimate of drug-likeness (QED) is 0.542. The first-order valence-electron chi connectivity index (χ1n) is 7.29. The lowest BCUT2D eigenvalue weighted by Crippen LogP contribution is -1.88. The zero-order valence-electron chi connectivity index (χ0n) is 12.1. The van der Waals surface area contributed by atoms with Crippen LogP contribution in [0.3, 0.4) is 0 Å². The summed E-state index contributed by atoms with van der Waals surface area (Å²) in [6.07, 6.45) is 11.8. The lowest BCUT2D eigenvalue weighted by molar-refractivity contribution is 0.281. The number of aliphatic hydroxyl groups is 1. The van der Waals surface area contributed by atoms with Crippen LogP contribution < -0.4 is 0 Å². The number of hydrogen-bond donors (Lipinski definition) is 1. The van der Waals surface area contributed by atoms with E-state index in [2.05, 4.69) is 27.7 Å². The maximum Gasteiger partial charge on any atom is 0.0431 e. The Balaban J connectivity index is 0. The number of rotatable bonds is 9. The third kappa shape index (κ3) is 23.6. The molecule has 0 spiro atoms. The van der Waals surface area contributed by atoms with Gasteiger partial charge in [-0.1, -0.05) is 79.1 Å². The molecule has 0 aliphatic heterocycles. The van der Waals surface area contributed by atoms with Crippen LogP contribution in [0.4, 0.5) is 0 Å². The first kappa shape index (κ1) is 18.3. The van der Waals surface area contributed by atoms with Gasteiger partial charge >= 0.3 is 0 Å². The van der Waals surface area contributed by atoms with E-state index >= 15 is 0 Å². The van der Waals surface area contributed by atoms with Gasteiger partial charge in [0.25, 0.3) is 0 Å². The molecule has 0 rings (SSSR count). The van der Waals surface area contributed by atoms with Crippen LogP contribution in [0.1, 0.15) is 85.5 Å². The molecule has 0 radical (unpaired) electrons. The van der Waals surface area contributed by atoms with Crippen molar-refractivity contribution < 1.29 is 5.11 Å². The Bertz CT molecular complexity index is 95.6. The first-order chi connectivity index (χ1) is 7.68. The lowest BCUT2D eigenvalue weighted by Gasteiger charge is -2.01. The van der Waals surface area contributed by atoms with Gasteiger partial charge < -0.3 is 5.11 Å². The molecule has 0 saturated heterocycles. The van der Waals surface area contributed by atoms with Gasteiger partial charge in [0, 0.05) is 6.61 Å². The van der Waals surface area contributed by atoms with Gasteiger partial charge in [0.2, 0.25) is 0 Å². The van der Waals surface area contributed by atoms with Gasteiger partial charge in [-0.05, 0) is 12.3 Å². The summed E-state index contributed by atoms with van der Waals surface area (Å²) in [4.78, 5) is 0. The molecule has 0 amide bonds. The van der Waals surface area contributed by atoms with Gasteiger partial charge in [-0.2, -0.15) is 0 Å². The number of unbranched alkanes of at least 4 members (excludes halogenated alkanes) is 6. The summed E-state index contributed by atoms with van der Waals surface area (Å²) < 4.78 is 0. The van der Waals surface area contributed by atoms with Crippen molar-refractivity contribution in [3.8, 4) is 0 Å². The minimum absolute atomic E-state index is 0.359. The molecule has 0 aromatic carbocycles. The van der Waals surface area contributed by atoms with Crippen LogP contribution in [0.15, 0.2) is 0 Å². The van der Waals surface area contributed by atoms with Crippen molar-refractivity contribution in [3.63, 3.8) is 0 Å². The number of aliphatic hydroxyl groups excluding tert-OH is 1. The van der Waals surface area contributed by atoms with E-state index in [4.69, 9.17) is 5.11 Å². The standard InChI is InChI=1S/C8H18O.C7H16/c1-8(2)6-4-3-5-7-9;1-3-5-7-6-4-2/h8-9H,3-7H2,1-2H3;3-7H2,1-2H3. The van der Waals surface area contributed by atoms with E-state index in [0.717, 1.165) is 12.3 Å². The Morgan fingerprint density at radius 3 is 1.62 bits per heavy atom. The molecule has 0 aliphatic carbocycles. The molecule has 0 saturated carbocycles. The number of hydrogen-bond acceptors (Lipinski definition) is 1. The molecule has 0 unspecified atom stereocenters. The van der Waals surface area contributed by atoms with Gasteiger partial charge in [0.05, 0.1) is 0 Å². The van der Waals surface area contributed by atoms with E-state index in [1.165, 1.54) is 51.4 Å². The highest BCUT2D eigenvalue weighted by molar-refractivity contribution is 4.45. The third-order valence-electron chi connectivity index (χ3n) is 2.65. The van der Waals surface area contributed by atoms with E-state index in [0.29, 0.717) is 6.61 Å². The summed E-state index contributed by atoms with van der Waals surface area (Å²) in [5.41, 5.74) is 0. The van der Waals surface area contributed by atoms with Gasteiger partial charge in [-0.15, -0.1) is 0 Å². The zero-order valence-corrected chi connectivity index (χ0v) is 12.1. The molecule has 0 bridgehead atoms. The molecule has 0 atom stereocenters. The largest absolute Gasteiger partial charge is 0.396 e. The van der Waals surface area contributed by atoms with Crippen LogP contribution in [-0.2, 0) is 0 Å². The van der Waals surface area contributed by atoms with Crippen LogP contribution in [0, 0.1) is 5.92 Å². The lowest BCUT2D eigenvalue weighted by atomic mass is 10.1. The minimum atomic E-state index is 0.359. The third-order valence-corrected chi connectivity index (χ3v) is 2.65. The maximum absolute atomic E-state index is 8.43. The molecular formula is C15H34O. The van der Waals surface area contributed by atoms with Crippen molar-refractivity contribution in [3.05, 3.63) is 0 Å². The first-order valence-corrected chi connectivity index (χ1v) is 7.29. The van der Waals surface area contributed by atoms with Crippen molar-refractivity contribution >= 4 is 0 Å². The summed E-state index contributed by atoms with van der Waals surface area (Å²) in [5.74, 6) is 0.823. The Morgan fingerprint density at radius 2 is 1.25 bits per heavy atom. The van der Waals surface area contributed by atoms with Crippen LogP contribution >= 0.6 is 0 Å². The molecule has 100 valence electrons. The van der Waals surface area contributed by atoms with Crippen LogP contribution in [-0.4, -0.2) is 11.7 Å². The Labute approximate surface area is 104 Å². The van der Waals surface area contributed by atoms with Gasteiger partial charge in [0.1, 0.15) is 0 Å². The fourth-order valence-electron chi connectivity index (χ4n) is 1.52. The van der Waals surface area contributed by atoms with E-state index in [9.17, 15) is 0 Å². The predicted molar refractivity (Wildman–Crippen MR) is 74.8 cm³/mol. The molecule has 1 N–H and O–H groups in total. The fourth-order valence-corrected chi connectivity index (χ4v) is 1.52. The monoisotopic (exact) mass is 230 g/mol. The highest BCUT2D eigenvalue weighted by Crippen LogP contribution is 2.07. The summed E-state index contributed by atoms with van der Waals surface area (Å²) in [6.45, 7) is 9.32. The normalized spacial score (nSPS) is 10.1. The minimum Gasteiger partial charge on any atom is -0.396 e. The Hall–Kier alpha value is -0.0400. The second-order valence-corrected chi connectivity index (χ2v) is 5.03. The summed E-state index contributed by atoms with van der Waals surface area (Å²) in [7, 11) is 0. The summed E-state index contributed by atoms with van der Waals surface area (Å²) in [6, 6.07) is 0. The topological polar surface area (TPSA) is 20.2 Å². The summed E-state index contributed by atoms with van der Waals surface area (Å²) >= 11 is 0. The highest BCUT2D eigenvalue weighted by atomic mass is 16.2. The average Bonchev–Trinajstić information content (AvgIpc) is 2.26. The Kier molecular flexibility index (Phi) is 19.9. The predicted octanol–water partition coefficient (Wildman–Crippen LogP) is 5.17. The molecule has 16 heavy (non-hydrogen) atoms. The van der Waals surface area contributed by atoms with Crippen molar-refractivity contribution in [1.29, 1.82) is 0 Å². The zero-order chi connectivity index (χ0) is 12.6. The van der Waals surface area contributed by atoms with Crippen molar-refractivity contribution in [2.75, 3.05) is 6.61 Å². The molecular weight excluding hydrogens is 196 g/mol. The van der Waals surface area contributed by atoms with E-state index in [-0.39, 0.29) is 0 Å². The molecule has 0 fully saturated rings. The summed E-state index contributed by atoms with van der Waals surface area (Å²) in [5, 5.41) is 8.43. The van der Waals surface area contributed by atoms with E-state index in [1.54, 1.807) is 0 Å². The van der Waals surface area contributed by atoms with Crippen LogP contribution in [0.5, 0.6) is 0 Å². The van der Waals surface area contributed by atoms with Crippen LogP contribution in [0.2, 0.25) is 0 Å². The van der Waals surface area contributed by atoms with E-state index < -0.39 is 0 Å². The molecule has 1 nitrogen and oxygen atoms in total. The van der Waals surface area contributed by atoms with Gasteiger partial charge in [-0.25, -0.2) is 0 Å². The van der Waals surface area contributed by atoms with E-state index in [1.807, 2.05) is 0 Å². The van der Waals surface area contributed by atoms with Gasteiger partial charge in [-0.3, -0.25) is 0 Å². The Morgan fingerprint density at radius 1 is 0.750 bits per heavy atom. The van der Waals surface area contributed by atoms with Gasteiger partial charge in [0.15, 0.2) is 0 Å². The molecule has 0 aromatic rings. The fraction of sp³-hybridized carbons (Fsp3) is 1.00. The van der Waals surface area contributed by atoms with Crippen molar-refractivity contribution in [1.82, 2.24) is 0 Å². The van der Waals surface area contributed by atoms with Crippen molar-refractivity contribution in [2.45, 2.75) is 85.5 Å². The second-order valence-electron chi connectivity index (χ2n) is 5.03. The molecule has 0 aliphatic rings. The smallest absolute Gasteiger partial charge is 0.0431 e. The van der Waals surface area contributed by atoms with Crippen molar-refractivity contribution in [2.24, 2.45) is 5.92 Å². The van der Waals surface area contributed by atoms with Crippen LogP contribution in [0.25, 0.3) is 0 Å².